The molecule has 138 valence electrons. The molecule has 0 aliphatic rings. The van der Waals surface area contributed by atoms with Crippen LogP contribution in [-0.4, -0.2) is 25.8 Å². The normalized spacial score (nSPS) is 12.6. The molecule has 0 heterocycles. The summed E-state index contributed by atoms with van der Waals surface area (Å²) in [6.07, 6.45) is -0.677. The van der Waals surface area contributed by atoms with Crippen LogP contribution in [0.5, 0.6) is 0 Å². The lowest BCUT2D eigenvalue weighted by Gasteiger charge is -2.17. The molecule has 0 radical (unpaired) electrons. The van der Waals surface area contributed by atoms with Gasteiger partial charge in [0.1, 0.15) is 6.61 Å². The average molecular weight is 354 g/mol. The second-order valence-corrected chi connectivity index (χ2v) is 6.20. The lowest BCUT2D eigenvalue weighted by atomic mass is 10.0. The van der Waals surface area contributed by atoms with E-state index in [1.54, 1.807) is 7.05 Å². The first-order valence-corrected chi connectivity index (χ1v) is 8.54. The van der Waals surface area contributed by atoms with E-state index in [2.05, 4.69) is 42.5 Å². The van der Waals surface area contributed by atoms with Crippen LogP contribution in [0, 0.1) is 13.8 Å². The van der Waals surface area contributed by atoms with Gasteiger partial charge in [-0.25, -0.2) is 0 Å². The zero-order valence-electron chi connectivity index (χ0n) is 16.0. The Morgan fingerprint density at radius 3 is 2.62 bits per heavy atom. The van der Waals surface area contributed by atoms with E-state index in [9.17, 15) is 4.79 Å². The molecule has 0 saturated heterocycles. The molecule has 0 spiro atoms. The van der Waals surface area contributed by atoms with E-state index >= 15 is 0 Å². The molecule has 1 amide bonds. The zero-order chi connectivity index (χ0) is 19.1. The first-order valence-electron chi connectivity index (χ1n) is 8.54. The standard InChI is InChI=1S/C21H26N2O3/c1-14-10-11-15(2)19(12-14)16(3)23-26-13-17-8-6-7-9-18(17)20(25-5)21(24)22-4/h6-12,20H,13H2,1-5H3,(H,22,24)/b23-16+. The molecule has 0 bridgehead atoms. The Morgan fingerprint density at radius 1 is 1.19 bits per heavy atom. The Hall–Kier alpha value is -2.66. The van der Waals surface area contributed by atoms with E-state index in [4.69, 9.17) is 9.57 Å². The summed E-state index contributed by atoms with van der Waals surface area (Å²) in [7, 11) is 3.10. The fourth-order valence-corrected chi connectivity index (χ4v) is 2.80. The Bertz CT molecular complexity index is 800. The summed E-state index contributed by atoms with van der Waals surface area (Å²) in [5, 5.41) is 6.87. The van der Waals surface area contributed by atoms with Gasteiger partial charge in [-0.2, -0.15) is 0 Å². The predicted molar refractivity (Wildman–Crippen MR) is 103 cm³/mol. The van der Waals surface area contributed by atoms with Crippen molar-refractivity contribution in [3.63, 3.8) is 0 Å². The van der Waals surface area contributed by atoms with E-state index in [-0.39, 0.29) is 12.5 Å². The monoisotopic (exact) mass is 354 g/mol. The second-order valence-electron chi connectivity index (χ2n) is 6.20. The van der Waals surface area contributed by atoms with Crippen LogP contribution in [0.15, 0.2) is 47.6 Å². The number of methoxy groups -OCH3 is 1. The molecule has 5 nitrogen and oxygen atoms in total. The van der Waals surface area contributed by atoms with E-state index in [1.165, 1.54) is 12.7 Å². The third-order valence-corrected chi connectivity index (χ3v) is 4.26. The Labute approximate surface area is 155 Å². The van der Waals surface area contributed by atoms with E-state index in [1.807, 2.05) is 31.2 Å². The molecule has 0 saturated carbocycles. The number of hydrogen-bond donors (Lipinski definition) is 1. The molecule has 2 aromatic carbocycles. The highest BCUT2D eigenvalue weighted by atomic mass is 16.6. The summed E-state index contributed by atoms with van der Waals surface area (Å²) >= 11 is 0. The number of likely N-dealkylation sites (N-methyl/N-ethyl adjacent to an activating group) is 1. The quantitative estimate of drug-likeness (QED) is 0.609. The highest BCUT2D eigenvalue weighted by molar-refractivity contribution is 5.99. The summed E-state index contributed by atoms with van der Waals surface area (Å²) in [5.74, 6) is -0.199. The topological polar surface area (TPSA) is 59.9 Å². The maximum Gasteiger partial charge on any atom is 0.253 e. The van der Waals surface area contributed by atoms with Crippen molar-refractivity contribution in [2.24, 2.45) is 5.16 Å². The highest BCUT2D eigenvalue weighted by Gasteiger charge is 2.21. The maximum absolute atomic E-state index is 12.0. The maximum atomic E-state index is 12.0. The first kappa shape index (κ1) is 19.7. The van der Waals surface area contributed by atoms with Gasteiger partial charge in [0.25, 0.3) is 5.91 Å². The van der Waals surface area contributed by atoms with Gasteiger partial charge in [0.2, 0.25) is 0 Å². The number of carbonyl (C=O) groups is 1. The summed E-state index contributed by atoms with van der Waals surface area (Å²) in [6.45, 7) is 6.29. The van der Waals surface area contributed by atoms with Crippen molar-refractivity contribution < 1.29 is 14.4 Å². The van der Waals surface area contributed by atoms with Gasteiger partial charge in [0.15, 0.2) is 6.10 Å². The molecular weight excluding hydrogens is 328 g/mol. The van der Waals surface area contributed by atoms with Gasteiger partial charge in [-0.15, -0.1) is 0 Å². The number of hydrogen-bond acceptors (Lipinski definition) is 4. The van der Waals surface area contributed by atoms with Crippen LogP contribution in [0.3, 0.4) is 0 Å². The van der Waals surface area contributed by atoms with Gasteiger partial charge in [0, 0.05) is 19.7 Å². The summed E-state index contributed by atoms with van der Waals surface area (Å²) in [5.41, 5.74) is 5.85. The summed E-state index contributed by atoms with van der Waals surface area (Å²) in [6, 6.07) is 13.8. The van der Waals surface area contributed by atoms with Crippen LogP contribution in [0.4, 0.5) is 0 Å². The molecule has 1 unspecified atom stereocenters. The number of nitrogens with one attached hydrogen (secondary N) is 1. The van der Waals surface area contributed by atoms with Gasteiger partial charge in [-0.05, 0) is 43.5 Å². The SMILES string of the molecule is CNC(=O)C(OC)c1ccccc1CO/N=C(\C)c1cc(C)ccc1C. The summed E-state index contributed by atoms with van der Waals surface area (Å²) < 4.78 is 5.35. The largest absolute Gasteiger partial charge is 0.391 e. The van der Waals surface area contributed by atoms with Crippen molar-refractivity contribution in [3.8, 4) is 0 Å². The van der Waals surface area contributed by atoms with E-state index in [0.29, 0.717) is 0 Å². The smallest absolute Gasteiger partial charge is 0.253 e. The molecule has 1 N–H and O–H groups in total. The predicted octanol–water partition coefficient (Wildman–Crippen LogP) is 3.68. The van der Waals surface area contributed by atoms with Gasteiger partial charge >= 0.3 is 0 Å². The number of oxime groups is 1. The number of benzene rings is 2. The van der Waals surface area contributed by atoms with Gasteiger partial charge < -0.3 is 14.9 Å². The summed E-state index contributed by atoms with van der Waals surface area (Å²) in [4.78, 5) is 17.6. The number of rotatable bonds is 7. The number of carbonyl (C=O) groups excluding carboxylic acids is 1. The van der Waals surface area contributed by atoms with Crippen LogP contribution >= 0.6 is 0 Å². The van der Waals surface area contributed by atoms with Crippen molar-refractivity contribution in [1.29, 1.82) is 0 Å². The lowest BCUT2D eigenvalue weighted by molar-refractivity contribution is -0.130. The van der Waals surface area contributed by atoms with Crippen molar-refractivity contribution in [3.05, 3.63) is 70.3 Å². The first-order chi connectivity index (χ1) is 12.5. The average Bonchev–Trinajstić information content (AvgIpc) is 2.65. The molecule has 0 aromatic heterocycles. The fourth-order valence-electron chi connectivity index (χ4n) is 2.80. The van der Waals surface area contributed by atoms with Crippen molar-refractivity contribution >= 4 is 11.6 Å². The number of amides is 1. The Morgan fingerprint density at radius 2 is 1.92 bits per heavy atom. The molecule has 0 aliphatic carbocycles. The van der Waals surface area contributed by atoms with E-state index in [0.717, 1.165) is 28.0 Å². The number of aryl methyl sites for hydroxylation is 2. The minimum absolute atomic E-state index is 0.199. The highest BCUT2D eigenvalue weighted by Crippen LogP contribution is 2.22. The molecule has 26 heavy (non-hydrogen) atoms. The third kappa shape index (κ3) is 4.70. The van der Waals surface area contributed by atoms with Crippen molar-refractivity contribution in [1.82, 2.24) is 5.32 Å². The Balaban J connectivity index is 2.17. The minimum Gasteiger partial charge on any atom is -0.391 e. The molecule has 0 fully saturated rings. The van der Waals surface area contributed by atoms with Crippen LogP contribution < -0.4 is 5.32 Å². The molecule has 5 heteroatoms. The fraction of sp³-hybridized carbons (Fsp3) is 0.333. The number of ether oxygens (including phenoxy) is 1. The van der Waals surface area contributed by atoms with Crippen molar-refractivity contribution in [2.75, 3.05) is 14.2 Å². The zero-order valence-corrected chi connectivity index (χ0v) is 16.0. The molecular formula is C21H26N2O3. The van der Waals surface area contributed by atoms with Crippen LogP contribution in [0.1, 0.15) is 40.8 Å². The molecule has 2 aromatic rings. The van der Waals surface area contributed by atoms with Crippen LogP contribution in [0.25, 0.3) is 0 Å². The Kier molecular flexibility index (Phi) is 6.92. The minimum atomic E-state index is -0.677. The number of nitrogens with zero attached hydrogens (tertiary/aromatic N) is 1. The molecule has 2 rings (SSSR count). The lowest BCUT2D eigenvalue weighted by Crippen LogP contribution is -2.27. The van der Waals surface area contributed by atoms with Crippen molar-refractivity contribution in [2.45, 2.75) is 33.5 Å². The second kappa shape index (κ2) is 9.15. The van der Waals surface area contributed by atoms with Crippen LogP contribution in [0.2, 0.25) is 0 Å². The van der Waals surface area contributed by atoms with Crippen LogP contribution in [-0.2, 0) is 21.0 Å². The molecule has 0 aliphatic heterocycles. The van der Waals surface area contributed by atoms with Gasteiger partial charge in [-0.1, -0.05) is 47.1 Å². The molecule has 1 atom stereocenters. The van der Waals surface area contributed by atoms with E-state index < -0.39 is 6.10 Å². The van der Waals surface area contributed by atoms with Gasteiger partial charge in [0.05, 0.1) is 5.71 Å². The van der Waals surface area contributed by atoms with Gasteiger partial charge in [-0.3, -0.25) is 4.79 Å². The third-order valence-electron chi connectivity index (χ3n) is 4.26.